The molecule has 4 nitrogen and oxygen atoms in total. The zero-order chi connectivity index (χ0) is 22.3. The maximum absolute atomic E-state index is 13.2. The molecule has 6 heteroatoms. The first-order chi connectivity index (χ1) is 15.4. The number of carbonyl (C=O) groups is 1. The number of aromatic nitrogens is 1. The number of rotatable bonds is 5. The van der Waals surface area contributed by atoms with E-state index in [-0.39, 0.29) is 24.0 Å². The standard InChI is InChI=1S/C27H26FN3O.ClH/c28-21-11-8-19(9-12-21)25(32)20-10-13-24-22(15-20)23-14-18(16-27(29,30)26(23)31-24)7-6-17-4-2-1-3-5-17;/h1-5,8-13,15,18,31H,6-7,14,16,29-30H2;1H. The van der Waals surface area contributed by atoms with Crippen molar-refractivity contribution in [1.82, 2.24) is 4.98 Å². The molecule has 0 radical (unpaired) electrons. The SMILES string of the molecule is Cl.NC1(N)CC(CCc2ccccc2)Cc2c1[nH]c1ccc(C(=O)c3ccc(F)cc3)cc21. The molecule has 1 heterocycles. The third kappa shape index (κ3) is 4.58. The van der Waals surface area contributed by atoms with Gasteiger partial charge in [-0.2, -0.15) is 0 Å². The van der Waals surface area contributed by atoms with E-state index in [0.717, 1.165) is 41.4 Å². The van der Waals surface area contributed by atoms with Crippen LogP contribution in [0.4, 0.5) is 4.39 Å². The van der Waals surface area contributed by atoms with Crippen LogP contribution in [0, 0.1) is 11.7 Å². The van der Waals surface area contributed by atoms with E-state index in [1.165, 1.54) is 29.8 Å². The number of hydrogen-bond donors (Lipinski definition) is 3. The molecule has 0 spiro atoms. The Balaban J connectivity index is 0.00000259. The number of hydrogen-bond acceptors (Lipinski definition) is 3. The zero-order valence-electron chi connectivity index (χ0n) is 18.2. The van der Waals surface area contributed by atoms with Gasteiger partial charge in [0.1, 0.15) is 11.5 Å². The lowest BCUT2D eigenvalue weighted by atomic mass is 9.77. The van der Waals surface area contributed by atoms with Crippen molar-refractivity contribution in [2.45, 2.75) is 31.3 Å². The van der Waals surface area contributed by atoms with Gasteiger partial charge in [-0.25, -0.2) is 4.39 Å². The van der Waals surface area contributed by atoms with Gasteiger partial charge in [0.15, 0.2) is 5.78 Å². The van der Waals surface area contributed by atoms with Crippen LogP contribution >= 0.6 is 12.4 Å². The summed E-state index contributed by atoms with van der Waals surface area (Å²) in [7, 11) is 0. The molecular formula is C27H27ClFN3O. The predicted molar refractivity (Wildman–Crippen MR) is 132 cm³/mol. The Morgan fingerprint density at radius 2 is 1.70 bits per heavy atom. The van der Waals surface area contributed by atoms with Crippen molar-refractivity contribution in [2.75, 3.05) is 0 Å². The molecule has 3 aromatic carbocycles. The maximum atomic E-state index is 13.2. The van der Waals surface area contributed by atoms with Gasteiger partial charge in [-0.05, 0) is 85.2 Å². The molecule has 0 saturated carbocycles. The molecule has 1 atom stereocenters. The predicted octanol–water partition coefficient (Wildman–Crippen LogP) is 5.23. The molecule has 1 unspecified atom stereocenters. The maximum Gasteiger partial charge on any atom is 0.193 e. The molecule has 0 saturated heterocycles. The highest BCUT2D eigenvalue weighted by Gasteiger charge is 2.36. The molecule has 0 bridgehead atoms. The summed E-state index contributed by atoms with van der Waals surface area (Å²) in [6, 6.07) is 21.7. The molecule has 5 rings (SSSR count). The van der Waals surface area contributed by atoms with E-state index in [4.69, 9.17) is 11.5 Å². The largest absolute Gasteiger partial charge is 0.356 e. The van der Waals surface area contributed by atoms with Crippen LogP contribution in [-0.2, 0) is 18.5 Å². The summed E-state index contributed by atoms with van der Waals surface area (Å²) >= 11 is 0. The lowest BCUT2D eigenvalue weighted by molar-refractivity contribution is 0.103. The minimum Gasteiger partial charge on any atom is -0.356 e. The highest BCUT2D eigenvalue weighted by Crippen LogP contribution is 2.39. The van der Waals surface area contributed by atoms with Crippen molar-refractivity contribution in [3.63, 3.8) is 0 Å². The number of aromatic amines is 1. The van der Waals surface area contributed by atoms with E-state index >= 15 is 0 Å². The Hall–Kier alpha value is -2.99. The summed E-state index contributed by atoms with van der Waals surface area (Å²) in [5.74, 6) is -0.140. The van der Waals surface area contributed by atoms with Crippen LogP contribution in [0.2, 0.25) is 0 Å². The first-order valence-electron chi connectivity index (χ1n) is 11.0. The van der Waals surface area contributed by atoms with Gasteiger partial charge in [0.05, 0.1) is 5.69 Å². The normalized spacial score (nSPS) is 16.8. The van der Waals surface area contributed by atoms with Crippen molar-refractivity contribution < 1.29 is 9.18 Å². The lowest BCUT2D eigenvalue weighted by Gasteiger charge is -2.35. The molecular weight excluding hydrogens is 437 g/mol. The Morgan fingerprint density at radius 1 is 1.00 bits per heavy atom. The van der Waals surface area contributed by atoms with Crippen LogP contribution in [0.25, 0.3) is 10.9 Å². The van der Waals surface area contributed by atoms with E-state index in [1.807, 2.05) is 18.2 Å². The second-order valence-corrected chi connectivity index (χ2v) is 8.91. The molecule has 1 aromatic heterocycles. The highest BCUT2D eigenvalue weighted by atomic mass is 35.5. The van der Waals surface area contributed by atoms with Crippen molar-refractivity contribution in [3.8, 4) is 0 Å². The molecule has 4 aromatic rings. The third-order valence-corrected chi connectivity index (χ3v) is 6.54. The number of aryl methyl sites for hydroxylation is 1. The van der Waals surface area contributed by atoms with Crippen LogP contribution in [-0.4, -0.2) is 10.8 Å². The summed E-state index contributed by atoms with van der Waals surface area (Å²) in [5, 5.41) is 0.984. The summed E-state index contributed by atoms with van der Waals surface area (Å²) in [4.78, 5) is 16.4. The number of carbonyl (C=O) groups excluding carboxylic acids is 1. The number of H-pyrrole nitrogens is 1. The van der Waals surface area contributed by atoms with Gasteiger partial charge < -0.3 is 16.5 Å². The smallest absolute Gasteiger partial charge is 0.193 e. The van der Waals surface area contributed by atoms with Crippen molar-refractivity contribution in [1.29, 1.82) is 0 Å². The molecule has 5 N–H and O–H groups in total. The molecule has 1 aliphatic rings. The number of fused-ring (bicyclic) bond motifs is 3. The minimum atomic E-state index is -0.935. The number of nitrogens with two attached hydrogens (primary N) is 2. The Kier molecular flexibility index (Phi) is 6.39. The Morgan fingerprint density at radius 3 is 2.42 bits per heavy atom. The van der Waals surface area contributed by atoms with E-state index < -0.39 is 5.66 Å². The summed E-state index contributed by atoms with van der Waals surface area (Å²) in [5.41, 5.74) is 17.4. The van der Waals surface area contributed by atoms with Crippen LogP contribution in [0.15, 0.2) is 72.8 Å². The first-order valence-corrected chi connectivity index (χ1v) is 11.0. The molecule has 33 heavy (non-hydrogen) atoms. The fourth-order valence-electron chi connectivity index (χ4n) is 4.93. The molecule has 0 fully saturated rings. The molecule has 0 aliphatic heterocycles. The van der Waals surface area contributed by atoms with Gasteiger partial charge >= 0.3 is 0 Å². The number of halogens is 2. The highest BCUT2D eigenvalue weighted by molar-refractivity contribution is 6.10. The average molecular weight is 464 g/mol. The number of nitrogens with one attached hydrogen (secondary N) is 1. The second kappa shape index (κ2) is 9.10. The second-order valence-electron chi connectivity index (χ2n) is 8.91. The van der Waals surface area contributed by atoms with E-state index in [2.05, 4.69) is 29.2 Å². The van der Waals surface area contributed by atoms with Crippen LogP contribution in [0.3, 0.4) is 0 Å². The fraction of sp³-hybridized carbons (Fsp3) is 0.222. The van der Waals surface area contributed by atoms with E-state index in [0.29, 0.717) is 23.5 Å². The Labute approximate surface area is 198 Å². The van der Waals surface area contributed by atoms with Crippen LogP contribution in [0.1, 0.15) is 45.6 Å². The quantitative estimate of drug-likeness (QED) is 0.280. The van der Waals surface area contributed by atoms with E-state index in [9.17, 15) is 9.18 Å². The average Bonchev–Trinajstić information content (AvgIpc) is 3.17. The van der Waals surface area contributed by atoms with Gasteiger partial charge in [0.25, 0.3) is 0 Å². The number of benzene rings is 3. The topological polar surface area (TPSA) is 84.9 Å². The Bertz CT molecular complexity index is 1280. The fourth-order valence-corrected chi connectivity index (χ4v) is 4.93. The van der Waals surface area contributed by atoms with E-state index in [1.54, 1.807) is 6.07 Å². The van der Waals surface area contributed by atoms with Crippen LogP contribution < -0.4 is 11.5 Å². The monoisotopic (exact) mass is 463 g/mol. The molecule has 1 aliphatic carbocycles. The summed E-state index contributed by atoms with van der Waals surface area (Å²) in [6.07, 6.45) is 3.56. The third-order valence-electron chi connectivity index (χ3n) is 6.54. The van der Waals surface area contributed by atoms with Crippen molar-refractivity contribution in [3.05, 3.63) is 107 Å². The summed E-state index contributed by atoms with van der Waals surface area (Å²) in [6.45, 7) is 0. The van der Waals surface area contributed by atoms with Crippen LogP contribution in [0.5, 0.6) is 0 Å². The minimum absolute atomic E-state index is 0. The van der Waals surface area contributed by atoms with Crippen molar-refractivity contribution >= 4 is 29.1 Å². The zero-order valence-corrected chi connectivity index (χ0v) is 19.0. The molecule has 0 amide bonds. The van der Waals surface area contributed by atoms with Gasteiger partial charge in [-0.15, -0.1) is 12.4 Å². The number of ketones is 1. The summed E-state index contributed by atoms with van der Waals surface area (Å²) < 4.78 is 13.2. The first kappa shape index (κ1) is 23.2. The lowest BCUT2D eigenvalue weighted by Crippen LogP contribution is -2.51. The van der Waals surface area contributed by atoms with Gasteiger partial charge in [0.2, 0.25) is 0 Å². The van der Waals surface area contributed by atoms with Crippen molar-refractivity contribution in [2.24, 2.45) is 17.4 Å². The molecule has 170 valence electrons. The van der Waals surface area contributed by atoms with Gasteiger partial charge in [0, 0.05) is 22.0 Å². The van der Waals surface area contributed by atoms with Gasteiger partial charge in [-0.1, -0.05) is 30.3 Å². The van der Waals surface area contributed by atoms with Gasteiger partial charge in [-0.3, -0.25) is 4.79 Å².